The van der Waals surface area contributed by atoms with Crippen molar-refractivity contribution in [2.75, 3.05) is 5.88 Å². The van der Waals surface area contributed by atoms with Crippen molar-refractivity contribution in [1.82, 2.24) is 9.55 Å². The van der Waals surface area contributed by atoms with Gasteiger partial charge in [-0.3, -0.25) is 0 Å². The number of hydrogen-bond donors (Lipinski definition) is 0. The van der Waals surface area contributed by atoms with Crippen LogP contribution in [0.5, 0.6) is 0 Å². The van der Waals surface area contributed by atoms with E-state index in [1.54, 1.807) is 0 Å². The Morgan fingerprint density at radius 1 is 1.64 bits per heavy atom. The monoisotopic (exact) mass is 212 g/mol. The van der Waals surface area contributed by atoms with Gasteiger partial charge in [-0.25, -0.2) is 4.98 Å². The first-order valence-corrected chi connectivity index (χ1v) is 5.57. The van der Waals surface area contributed by atoms with E-state index >= 15 is 0 Å². The van der Waals surface area contributed by atoms with Crippen LogP contribution in [0.15, 0.2) is 18.5 Å². The van der Waals surface area contributed by atoms with Crippen molar-refractivity contribution >= 4 is 17.2 Å². The standard InChI is InChI=1S/C11H17ClN2/c1-3-8-14-9-7-13-11(14)10(2)5-4-6-12/h5,7,9H,3-4,6,8H2,1-2H3. The SMILES string of the molecule is CCCn1ccnc1C(C)=CCCCl. The third kappa shape index (κ3) is 2.88. The van der Waals surface area contributed by atoms with Gasteiger partial charge in [-0.05, 0) is 25.3 Å². The number of alkyl halides is 1. The normalized spacial score (nSPS) is 12.1. The Morgan fingerprint density at radius 2 is 2.43 bits per heavy atom. The largest absolute Gasteiger partial charge is 0.331 e. The molecule has 0 unspecified atom stereocenters. The molecule has 0 saturated carbocycles. The maximum absolute atomic E-state index is 5.64. The van der Waals surface area contributed by atoms with Gasteiger partial charge in [0.1, 0.15) is 5.82 Å². The number of halogens is 1. The molecule has 0 atom stereocenters. The van der Waals surface area contributed by atoms with Gasteiger partial charge in [0.25, 0.3) is 0 Å². The Labute approximate surface area is 90.6 Å². The fourth-order valence-electron chi connectivity index (χ4n) is 1.44. The van der Waals surface area contributed by atoms with Crippen molar-refractivity contribution < 1.29 is 0 Å². The van der Waals surface area contributed by atoms with Crippen molar-refractivity contribution in [2.24, 2.45) is 0 Å². The highest BCUT2D eigenvalue weighted by Gasteiger charge is 2.02. The average Bonchev–Trinajstić information content (AvgIpc) is 2.63. The zero-order valence-corrected chi connectivity index (χ0v) is 9.59. The molecule has 1 rings (SSSR count). The van der Waals surface area contributed by atoms with E-state index in [2.05, 4.69) is 29.5 Å². The van der Waals surface area contributed by atoms with E-state index in [-0.39, 0.29) is 0 Å². The molecule has 1 heterocycles. The molecule has 0 fully saturated rings. The van der Waals surface area contributed by atoms with Crippen molar-refractivity contribution in [1.29, 1.82) is 0 Å². The minimum atomic E-state index is 0.672. The van der Waals surface area contributed by atoms with Gasteiger partial charge < -0.3 is 4.57 Å². The van der Waals surface area contributed by atoms with Gasteiger partial charge in [0.05, 0.1) is 0 Å². The van der Waals surface area contributed by atoms with Crippen LogP contribution in [-0.4, -0.2) is 15.4 Å². The lowest BCUT2D eigenvalue weighted by Gasteiger charge is -2.05. The lowest BCUT2D eigenvalue weighted by molar-refractivity contribution is 0.669. The van der Waals surface area contributed by atoms with E-state index in [0.717, 1.165) is 25.2 Å². The summed E-state index contributed by atoms with van der Waals surface area (Å²) in [6.07, 6.45) is 8.06. The fourth-order valence-corrected chi connectivity index (χ4v) is 1.55. The Morgan fingerprint density at radius 3 is 3.07 bits per heavy atom. The van der Waals surface area contributed by atoms with E-state index in [4.69, 9.17) is 11.6 Å². The Bertz CT molecular complexity index is 302. The third-order valence-electron chi connectivity index (χ3n) is 2.09. The molecule has 0 spiro atoms. The number of allylic oxidation sites excluding steroid dienone is 2. The zero-order valence-electron chi connectivity index (χ0n) is 8.83. The second-order valence-corrected chi connectivity index (χ2v) is 3.69. The second-order valence-electron chi connectivity index (χ2n) is 3.31. The highest BCUT2D eigenvalue weighted by atomic mass is 35.5. The summed E-state index contributed by atoms with van der Waals surface area (Å²) in [6.45, 7) is 5.28. The molecule has 0 radical (unpaired) electrons. The first-order valence-electron chi connectivity index (χ1n) is 5.03. The van der Waals surface area contributed by atoms with Crippen LogP contribution >= 0.6 is 11.6 Å². The minimum Gasteiger partial charge on any atom is -0.331 e. The van der Waals surface area contributed by atoms with Crippen LogP contribution in [0.3, 0.4) is 0 Å². The molecule has 14 heavy (non-hydrogen) atoms. The van der Waals surface area contributed by atoms with Crippen LogP contribution in [-0.2, 0) is 6.54 Å². The summed E-state index contributed by atoms with van der Waals surface area (Å²) in [6, 6.07) is 0. The minimum absolute atomic E-state index is 0.672. The summed E-state index contributed by atoms with van der Waals surface area (Å²) in [4.78, 5) is 4.34. The predicted octanol–water partition coefficient (Wildman–Crippen LogP) is 3.33. The van der Waals surface area contributed by atoms with Crippen LogP contribution in [0.25, 0.3) is 5.57 Å². The molecule has 1 aromatic rings. The molecule has 0 N–H and O–H groups in total. The van der Waals surface area contributed by atoms with Gasteiger partial charge >= 0.3 is 0 Å². The van der Waals surface area contributed by atoms with Crippen molar-refractivity contribution in [3.63, 3.8) is 0 Å². The molecule has 0 aliphatic heterocycles. The van der Waals surface area contributed by atoms with Crippen molar-refractivity contribution in [2.45, 2.75) is 33.2 Å². The molecule has 0 aliphatic carbocycles. The third-order valence-corrected chi connectivity index (χ3v) is 2.31. The second kappa shape index (κ2) is 5.86. The number of hydrogen-bond acceptors (Lipinski definition) is 1. The zero-order chi connectivity index (χ0) is 10.4. The van der Waals surface area contributed by atoms with Crippen LogP contribution in [0, 0.1) is 0 Å². The van der Waals surface area contributed by atoms with Gasteiger partial charge in [-0.2, -0.15) is 0 Å². The smallest absolute Gasteiger partial charge is 0.135 e. The Hall–Kier alpha value is -0.760. The number of imidazole rings is 1. The molecule has 0 saturated heterocycles. The summed E-state index contributed by atoms with van der Waals surface area (Å²) < 4.78 is 2.18. The molecular weight excluding hydrogens is 196 g/mol. The molecule has 2 nitrogen and oxygen atoms in total. The van der Waals surface area contributed by atoms with Crippen LogP contribution in [0.2, 0.25) is 0 Å². The summed E-state index contributed by atoms with van der Waals surface area (Å²) in [7, 11) is 0. The molecule has 0 amide bonds. The Kier molecular flexibility index (Phi) is 4.74. The van der Waals surface area contributed by atoms with Gasteiger partial charge in [-0.15, -0.1) is 11.6 Å². The van der Waals surface area contributed by atoms with E-state index in [0.29, 0.717) is 5.88 Å². The van der Waals surface area contributed by atoms with Gasteiger partial charge in [0, 0.05) is 24.8 Å². The van der Waals surface area contributed by atoms with E-state index in [9.17, 15) is 0 Å². The lowest BCUT2D eigenvalue weighted by Crippen LogP contribution is -2.00. The Balaban J connectivity index is 2.77. The van der Waals surface area contributed by atoms with Crippen LogP contribution in [0.4, 0.5) is 0 Å². The molecule has 3 heteroatoms. The molecule has 0 bridgehead atoms. The summed E-state index contributed by atoms with van der Waals surface area (Å²) in [5.74, 6) is 1.74. The van der Waals surface area contributed by atoms with Gasteiger partial charge in [-0.1, -0.05) is 13.0 Å². The van der Waals surface area contributed by atoms with Crippen LogP contribution < -0.4 is 0 Å². The lowest BCUT2D eigenvalue weighted by atomic mass is 10.2. The first-order chi connectivity index (χ1) is 6.79. The quantitative estimate of drug-likeness (QED) is 0.685. The molecule has 0 aliphatic rings. The summed E-state index contributed by atoms with van der Waals surface area (Å²) in [5.41, 5.74) is 1.21. The number of rotatable bonds is 5. The predicted molar refractivity (Wildman–Crippen MR) is 61.5 cm³/mol. The van der Waals surface area contributed by atoms with E-state index < -0.39 is 0 Å². The van der Waals surface area contributed by atoms with Crippen molar-refractivity contribution in [3.05, 3.63) is 24.3 Å². The number of aryl methyl sites for hydroxylation is 1. The fraction of sp³-hybridized carbons (Fsp3) is 0.545. The summed E-state index contributed by atoms with van der Waals surface area (Å²) in [5, 5.41) is 0. The summed E-state index contributed by atoms with van der Waals surface area (Å²) >= 11 is 5.64. The molecular formula is C11H17ClN2. The maximum atomic E-state index is 5.64. The molecule has 78 valence electrons. The average molecular weight is 213 g/mol. The number of aromatic nitrogens is 2. The van der Waals surface area contributed by atoms with Gasteiger partial charge in [0.2, 0.25) is 0 Å². The maximum Gasteiger partial charge on any atom is 0.135 e. The van der Waals surface area contributed by atoms with Gasteiger partial charge in [0.15, 0.2) is 0 Å². The van der Waals surface area contributed by atoms with E-state index in [1.807, 2.05) is 12.4 Å². The molecule has 0 aromatic carbocycles. The molecule has 1 aromatic heterocycles. The van der Waals surface area contributed by atoms with Crippen LogP contribution in [0.1, 0.15) is 32.5 Å². The van der Waals surface area contributed by atoms with E-state index in [1.165, 1.54) is 5.57 Å². The topological polar surface area (TPSA) is 17.8 Å². The van der Waals surface area contributed by atoms with Crippen molar-refractivity contribution in [3.8, 4) is 0 Å². The highest BCUT2D eigenvalue weighted by Crippen LogP contribution is 2.12. The number of nitrogens with zero attached hydrogens (tertiary/aromatic N) is 2. The highest BCUT2D eigenvalue weighted by molar-refractivity contribution is 6.17. The first kappa shape index (κ1) is 11.3.